The third-order valence-corrected chi connectivity index (χ3v) is 5.79. The number of aryl methyl sites for hydroxylation is 1. The summed E-state index contributed by atoms with van der Waals surface area (Å²) in [6.07, 6.45) is 1.53. The molecule has 0 aliphatic carbocycles. The van der Waals surface area contributed by atoms with Crippen molar-refractivity contribution in [1.82, 2.24) is 15.8 Å². The summed E-state index contributed by atoms with van der Waals surface area (Å²) in [7, 11) is 0. The van der Waals surface area contributed by atoms with E-state index in [1.54, 1.807) is 37.5 Å². The number of carbonyl (C=O) groups is 3. The maximum absolute atomic E-state index is 13.0. The van der Waals surface area contributed by atoms with Crippen molar-refractivity contribution < 1.29 is 18.8 Å². The smallest absolute Gasteiger partial charge is 0.344 e. The molecule has 1 unspecified atom stereocenters. The molecular weight excluding hydrogens is 394 g/mol. The summed E-state index contributed by atoms with van der Waals surface area (Å²) in [6.45, 7) is 7.88. The molecule has 1 aliphatic rings. The van der Waals surface area contributed by atoms with Crippen molar-refractivity contribution in [2.75, 3.05) is 0 Å². The molecule has 1 aliphatic heterocycles. The Kier molecular flexibility index (Phi) is 5.05. The van der Waals surface area contributed by atoms with Gasteiger partial charge in [0.15, 0.2) is 0 Å². The number of urea groups is 1. The lowest BCUT2D eigenvalue weighted by Gasteiger charge is -2.22. The van der Waals surface area contributed by atoms with E-state index in [0.717, 1.165) is 16.0 Å². The summed E-state index contributed by atoms with van der Waals surface area (Å²) in [4.78, 5) is 38.1. The van der Waals surface area contributed by atoms with Crippen LogP contribution in [0.25, 0.3) is 11.0 Å². The van der Waals surface area contributed by atoms with Gasteiger partial charge in [0.2, 0.25) is 5.91 Å². The summed E-state index contributed by atoms with van der Waals surface area (Å²) in [5, 5.41) is 4.28. The first kappa shape index (κ1) is 20.7. The molecule has 0 saturated carbocycles. The number of hydrazine groups is 1. The Morgan fingerprint density at radius 2 is 1.90 bits per heavy atom. The fourth-order valence-corrected chi connectivity index (χ4v) is 4.05. The van der Waals surface area contributed by atoms with Gasteiger partial charge in [0.1, 0.15) is 11.1 Å². The predicted octanol–water partition coefficient (Wildman–Crippen LogP) is 3.91. The second-order valence-corrected chi connectivity index (χ2v) is 8.39. The monoisotopic (exact) mass is 419 g/mol. The molecule has 7 nitrogen and oxygen atoms in total. The molecular formula is C24H25N3O4. The molecule has 2 heterocycles. The van der Waals surface area contributed by atoms with Crippen LogP contribution in [0.1, 0.15) is 48.9 Å². The first-order chi connectivity index (χ1) is 14.7. The van der Waals surface area contributed by atoms with E-state index in [-0.39, 0.29) is 6.42 Å². The van der Waals surface area contributed by atoms with Crippen LogP contribution in [0.3, 0.4) is 0 Å². The Morgan fingerprint density at radius 1 is 1.19 bits per heavy atom. The molecule has 0 radical (unpaired) electrons. The minimum atomic E-state index is -1.24. The second-order valence-electron chi connectivity index (χ2n) is 8.39. The van der Waals surface area contributed by atoms with Crippen LogP contribution < -0.4 is 10.7 Å². The molecule has 4 amide bonds. The van der Waals surface area contributed by atoms with Gasteiger partial charge in [0.25, 0.3) is 5.91 Å². The van der Waals surface area contributed by atoms with Crippen molar-refractivity contribution in [3.8, 4) is 0 Å². The number of imide groups is 1. The molecule has 160 valence electrons. The Balaban J connectivity index is 1.54. The quantitative estimate of drug-likeness (QED) is 0.614. The van der Waals surface area contributed by atoms with E-state index in [4.69, 9.17) is 4.42 Å². The van der Waals surface area contributed by atoms with Gasteiger partial charge in [-0.05, 0) is 48.6 Å². The van der Waals surface area contributed by atoms with E-state index in [2.05, 4.69) is 24.6 Å². The number of nitrogens with one attached hydrogen (secondary N) is 2. The highest BCUT2D eigenvalue weighted by Gasteiger charge is 2.49. The Bertz CT molecular complexity index is 1180. The summed E-state index contributed by atoms with van der Waals surface area (Å²) in [6, 6.07) is 12.3. The van der Waals surface area contributed by atoms with E-state index in [1.165, 1.54) is 5.56 Å². The highest BCUT2D eigenvalue weighted by molar-refractivity contribution is 6.08. The SMILES string of the molecule is Cc1cc2occ(CC(=O)NN3C(=O)NC(C)(c4ccccc4)C3=O)c2cc1C(C)C. The highest BCUT2D eigenvalue weighted by Crippen LogP contribution is 2.30. The number of hydrogen-bond donors (Lipinski definition) is 2. The topological polar surface area (TPSA) is 91.7 Å². The molecule has 0 bridgehead atoms. The molecule has 1 saturated heterocycles. The van der Waals surface area contributed by atoms with Gasteiger partial charge in [-0.25, -0.2) is 4.79 Å². The first-order valence-corrected chi connectivity index (χ1v) is 10.2. The van der Waals surface area contributed by atoms with Crippen LogP contribution in [0, 0.1) is 6.92 Å². The van der Waals surface area contributed by atoms with E-state index in [0.29, 0.717) is 22.6 Å². The molecule has 1 atom stereocenters. The van der Waals surface area contributed by atoms with Crippen molar-refractivity contribution >= 4 is 28.8 Å². The summed E-state index contributed by atoms with van der Waals surface area (Å²) in [5.74, 6) is -0.676. The fraction of sp³-hybridized carbons (Fsp3) is 0.292. The maximum Gasteiger partial charge on any atom is 0.344 e. The van der Waals surface area contributed by atoms with Crippen LogP contribution in [-0.4, -0.2) is 22.9 Å². The number of fused-ring (bicyclic) bond motifs is 1. The number of rotatable bonds is 5. The second kappa shape index (κ2) is 7.58. The van der Waals surface area contributed by atoms with E-state index in [9.17, 15) is 14.4 Å². The van der Waals surface area contributed by atoms with E-state index in [1.807, 2.05) is 25.1 Å². The minimum absolute atomic E-state index is 0.0211. The van der Waals surface area contributed by atoms with Crippen molar-refractivity contribution in [1.29, 1.82) is 0 Å². The number of furan rings is 1. The third kappa shape index (κ3) is 3.56. The zero-order valence-corrected chi connectivity index (χ0v) is 18.0. The van der Waals surface area contributed by atoms with E-state index >= 15 is 0 Å². The Morgan fingerprint density at radius 3 is 2.58 bits per heavy atom. The summed E-state index contributed by atoms with van der Waals surface area (Å²) < 4.78 is 5.63. The van der Waals surface area contributed by atoms with Crippen LogP contribution in [0.2, 0.25) is 0 Å². The fourth-order valence-electron chi connectivity index (χ4n) is 4.05. The van der Waals surface area contributed by atoms with Gasteiger partial charge in [-0.2, -0.15) is 5.01 Å². The predicted molar refractivity (Wildman–Crippen MR) is 116 cm³/mol. The molecule has 0 spiro atoms. The average Bonchev–Trinajstić information content (AvgIpc) is 3.21. The standard InChI is InChI=1S/C24H25N3O4/c1-14(2)18-12-19-16(13-31-20(19)10-15(18)3)11-21(28)26-27-22(29)24(4,25-23(27)30)17-8-6-5-7-9-17/h5-10,12-14H,11H2,1-4H3,(H,25,30)(H,26,28). The largest absolute Gasteiger partial charge is 0.464 e. The molecule has 2 aromatic carbocycles. The average molecular weight is 419 g/mol. The van der Waals surface area contributed by atoms with Gasteiger partial charge in [0, 0.05) is 10.9 Å². The minimum Gasteiger partial charge on any atom is -0.464 e. The van der Waals surface area contributed by atoms with Crippen molar-refractivity contribution in [3.05, 3.63) is 71.0 Å². The molecule has 2 N–H and O–H groups in total. The lowest BCUT2D eigenvalue weighted by atomic mass is 9.92. The number of carbonyl (C=O) groups excluding carboxylic acids is 3. The number of benzene rings is 2. The number of nitrogens with zero attached hydrogens (tertiary/aromatic N) is 1. The van der Waals surface area contributed by atoms with Crippen LogP contribution in [0.4, 0.5) is 4.79 Å². The van der Waals surface area contributed by atoms with Crippen LogP contribution in [0.5, 0.6) is 0 Å². The van der Waals surface area contributed by atoms with Crippen molar-refractivity contribution in [2.24, 2.45) is 0 Å². The third-order valence-electron chi connectivity index (χ3n) is 5.79. The van der Waals surface area contributed by atoms with Gasteiger partial charge in [0.05, 0.1) is 12.7 Å². The maximum atomic E-state index is 13.0. The summed E-state index contributed by atoms with van der Waals surface area (Å²) in [5.41, 5.74) is 5.57. The van der Waals surface area contributed by atoms with E-state index < -0.39 is 23.4 Å². The molecule has 1 fully saturated rings. The zero-order valence-electron chi connectivity index (χ0n) is 18.0. The molecule has 7 heteroatoms. The first-order valence-electron chi connectivity index (χ1n) is 10.2. The lowest BCUT2D eigenvalue weighted by Crippen LogP contribution is -2.48. The van der Waals surface area contributed by atoms with Crippen molar-refractivity contribution in [2.45, 2.75) is 45.6 Å². The highest BCUT2D eigenvalue weighted by atomic mass is 16.3. The van der Waals surface area contributed by atoms with Crippen LogP contribution in [-0.2, 0) is 21.5 Å². The summed E-state index contributed by atoms with van der Waals surface area (Å²) >= 11 is 0. The molecule has 3 aromatic rings. The van der Waals surface area contributed by atoms with Gasteiger partial charge in [-0.3, -0.25) is 15.0 Å². The van der Waals surface area contributed by atoms with Crippen molar-refractivity contribution in [3.63, 3.8) is 0 Å². The van der Waals surface area contributed by atoms with Gasteiger partial charge in [-0.15, -0.1) is 0 Å². The van der Waals surface area contributed by atoms with Gasteiger partial charge in [-0.1, -0.05) is 44.2 Å². The van der Waals surface area contributed by atoms with Gasteiger partial charge < -0.3 is 9.73 Å². The Labute approximate surface area is 180 Å². The van der Waals surface area contributed by atoms with Gasteiger partial charge >= 0.3 is 6.03 Å². The normalized spacial score (nSPS) is 18.7. The molecule has 31 heavy (non-hydrogen) atoms. The lowest BCUT2D eigenvalue weighted by molar-refractivity contribution is -0.138. The molecule has 4 rings (SSSR count). The number of hydrogen-bond acceptors (Lipinski definition) is 4. The van der Waals surface area contributed by atoms with Crippen LogP contribution >= 0.6 is 0 Å². The number of amides is 4. The van der Waals surface area contributed by atoms with Crippen LogP contribution in [0.15, 0.2) is 53.1 Å². The zero-order chi connectivity index (χ0) is 22.3. The molecule has 1 aromatic heterocycles. The Hall–Kier alpha value is -3.61.